The molecule has 0 saturated carbocycles. The van der Waals surface area contributed by atoms with Crippen LogP contribution in [0.15, 0.2) is 42.5 Å². The van der Waals surface area contributed by atoms with E-state index in [2.05, 4.69) is 5.32 Å². The van der Waals surface area contributed by atoms with Crippen molar-refractivity contribution in [1.82, 2.24) is 0 Å². The molecule has 1 amide bonds. The van der Waals surface area contributed by atoms with Gasteiger partial charge in [0.15, 0.2) is 23.7 Å². The third-order valence-electron chi connectivity index (χ3n) is 3.93. The van der Waals surface area contributed by atoms with Crippen molar-refractivity contribution in [3.05, 3.63) is 48.0 Å². The average Bonchev–Trinajstić information content (AvgIpc) is 3.16. The third-order valence-corrected chi connectivity index (χ3v) is 3.93. The first kappa shape index (κ1) is 19.0. The summed E-state index contributed by atoms with van der Waals surface area (Å²) in [4.78, 5) is 24.4. The number of amides is 1. The number of carbonyl (C=O) groups is 2. The third kappa shape index (κ3) is 4.51. The first-order valence-electron chi connectivity index (χ1n) is 8.54. The highest BCUT2D eigenvalue weighted by Gasteiger charge is 2.24. The summed E-state index contributed by atoms with van der Waals surface area (Å²) in [7, 11) is 0. The lowest BCUT2D eigenvalue weighted by molar-refractivity contribution is -0.159. The van der Waals surface area contributed by atoms with Crippen molar-refractivity contribution in [1.29, 1.82) is 5.26 Å². The van der Waals surface area contributed by atoms with Crippen LogP contribution in [0.5, 0.6) is 17.2 Å². The first-order valence-corrected chi connectivity index (χ1v) is 8.54. The normalized spacial score (nSPS) is 13.8. The van der Waals surface area contributed by atoms with E-state index >= 15 is 0 Å². The molecule has 3 rings (SSSR count). The van der Waals surface area contributed by atoms with Gasteiger partial charge in [0.2, 0.25) is 6.79 Å². The van der Waals surface area contributed by atoms with Gasteiger partial charge in [0.1, 0.15) is 5.75 Å². The van der Waals surface area contributed by atoms with Crippen molar-refractivity contribution in [3.63, 3.8) is 0 Å². The van der Waals surface area contributed by atoms with E-state index in [-0.39, 0.29) is 6.79 Å². The minimum atomic E-state index is -1.02. The maximum Gasteiger partial charge on any atom is 0.347 e. The number of anilines is 1. The number of benzene rings is 2. The van der Waals surface area contributed by atoms with Crippen molar-refractivity contribution in [3.8, 4) is 23.3 Å². The molecule has 8 heteroatoms. The molecule has 0 aromatic heterocycles. The fraction of sp³-hybridized carbons (Fsp3) is 0.250. The Labute approximate surface area is 161 Å². The van der Waals surface area contributed by atoms with E-state index < -0.39 is 24.1 Å². The van der Waals surface area contributed by atoms with Crippen LogP contribution in [0.2, 0.25) is 0 Å². The van der Waals surface area contributed by atoms with Crippen LogP contribution in [-0.4, -0.2) is 30.9 Å². The highest BCUT2D eigenvalue weighted by atomic mass is 16.7. The number of hydrogen-bond donors (Lipinski definition) is 1. The van der Waals surface area contributed by atoms with Gasteiger partial charge in [-0.1, -0.05) is 0 Å². The number of rotatable bonds is 6. The minimum Gasteiger partial charge on any atom is -0.479 e. The zero-order valence-electron chi connectivity index (χ0n) is 15.3. The number of carbonyl (C=O) groups excluding carboxylic acids is 2. The van der Waals surface area contributed by atoms with Crippen LogP contribution in [0.3, 0.4) is 0 Å². The van der Waals surface area contributed by atoms with E-state index in [9.17, 15) is 9.59 Å². The molecule has 0 fully saturated rings. The van der Waals surface area contributed by atoms with E-state index in [1.807, 2.05) is 6.07 Å². The molecule has 28 heavy (non-hydrogen) atoms. The second-order valence-electron chi connectivity index (χ2n) is 6.03. The molecule has 0 saturated heterocycles. The lowest BCUT2D eigenvalue weighted by Gasteiger charge is -2.18. The van der Waals surface area contributed by atoms with Crippen molar-refractivity contribution in [2.24, 2.45) is 0 Å². The van der Waals surface area contributed by atoms with Gasteiger partial charge in [-0.2, -0.15) is 5.26 Å². The van der Waals surface area contributed by atoms with Crippen LogP contribution >= 0.6 is 0 Å². The summed E-state index contributed by atoms with van der Waals surface area (Å²) in [6, 6.07) is 13.3. The Kier molecular flexibility index (Phi) is 5.65. The molecule has 1 heterocycles. The van der Waals surface area contributed by atoms with Crippen LogP contribution in [0.1, 0.15) is 19.4 Å². The Morgan fingerprint density at radius 2 is 1.79 bits per heavy atom. The zero-order valence-corrected chi connectivity index (χ0v) is 15.3. The van der Waals surface area contributed by atoms with Crippen LogP contribution in [0, 0.1) is 11.3 Å². The van der Waals surface area contributed by atoms with Crippen LogP contribution in [-0.2, 0) is 14.3 Å². The second kappa shape index (κ2) is 8.31. The van der Waals surface area contributed by atoms with Crippen molar-refractivity contribution < 1.29 is 28.5 Å². The Bertz CT molecular complexity index is 919. The topological polar surface area (TPSA) is 107 Å². The van der Waals surface area contributed by atoms with Crippen LogP contribution in [0.25, 0.3) is 0 Å². The highest BCUT2D eigenvalue weighted by Crippen LogP contribution is 2.34. The summed E-state index contributed by atoms with van der Waals surface area (Å²) >= 11 is 0. The molecule has 2 aromatic carbocycles. The molecule has 8 nitrogen and oxygen atoms in total. The van der Waals surface area contributed by atoms with Crippen molar-refractivity contribution in [2.75, 3.05) is 12.1 Å². The molecule has 0 aliphatic carbocycles. The smallest absolute Gasteiger partial charge is 0.347 e. The standard InChI is InChI=1S/C20H18N2O6/c1-12(19(23)22-15-5-8-17-18(9-15)26-11-25-17)28-20(24)13(2)27-16-6-3-14(10-21)4-7-16/h3-9,12-13H,11H2,1-2H3,(H,22,23)/t12-,13+/m0/s1. The summed E-state index contributed by atoms with van der Waals surface area (Å²) in [6.07, 6.45) is -1.95. The summed E-state index contributed by atoms with van der Waals surface area (Å²) in [5.41, 5.74) is 0.982. The Hall–Kier alpha value is -3.73. The number of nitrogens with zero attached hydrogens (tertiary/aromatic N) is 1. The number of esters is 1. The molecule has 0 unspecified atom stereocenters. The van der Waals surface area contributed by atoms with Gasteiger partial charge >= 0.3 is 5.97 Å². The minimum absolute atomic E-state index is 0.137. The fourth-order valence-electron chi connectivity index (χ4n) is 2.40. The maximum atomic E-state index is 12.3. The van der Waals surface area contributed by atoms with E-state index in [1.54, 1.807) is 42.5 Å². The predicted molar refractivity (Wildman–Crippen MR) is 98.0 cm³/mol. The monoisotopic (exact) mass is 382 g/mol. The number of nitrogens with one attached hydrogen (secondary N) is 1. The van der Waals surface area contributed by atoms with Gasteiger partial charge in [0.05, 0.1) is 11.6 Å². The average molecular weight is 382 g/mol. The molecule has 2 aromatic rings. The van der Waals surface area contributed by atoms with Gasteiger partial charge in [0.25, 0.3) is 5.91 Å². The molecule has 1 aliphatic rings. The Morgan fingerprint density at radius 1 is 1.07 bits per heavy atom. The highest BCUT2D eigenvalue weighted by molar-refractivity contribution is 5.95. The van der Waals surface area contributed by atoms with Gasteiger partial charge < -0.3 is 24.3 Å². The Morgan fingerprint density at radius 3 is 2.50 bits per heavy atom. The number of nitriles is 1. The zero-order chi connectivity index (χ0) is 20.1. The maximum absolute atomic E-state index is 12.3. The summed E-state index contributed by atoms with van der Waals surface area (Å²) in [5, 5.41) is 11.4. The number of fused-ring (bicyclic) bond motifs is 1. The van der Waals surface area contributed by atoms with E-state index in [4.69, 9.17) is 24.2 Å². The Balaban J connectivity index is 1.52. The fourth-order valence-corrected chi connectivity index (χ4v) is 2.40. The molecule has 2 atom stereocenters. The molecular weight excluding hydrogens is 364 g/mol. The largest absolute Gasteiger partial charge is 0.479 e. The van der Waals surface area contributed by atoms with Crippen molar-refractivity contribution >= 4 is 17.6 Å². The molecule has 0 bridgehead atoms. The molecule has 1 N–H and O–H groups in total. The van der Waals surface area contributed by atoms with Gasteiger partial charge in [-0.05, 0) is 50.2 Å². The van der Waals surface area contributed by atoms with E-state index in [1.165, 1.54) is 13.8 Å². The molecular formula is C20H18N2O6. The second-order valence-corrected chi connectivity index (χ2v) is 6.03. The molecule has 0 spiro atoms. The lowest BCUT2D eigenvalue weighted by atomic mass is 10.2. The first-order chi connectivity index (χ1) is 13.5. The van der Waals surface area contributed by atoms with Crippen LogP contribution < -0.4 is 19.5 Å². The van der Waals surface area contributed by atoms with E-state index in [0.717, 1.165) is 0 Å². The molecule has 144 valence electrons. The predicted octanol–water partition coefficient (Wildman–Crippen LogP) is 2.62. The van der Waals surface area contributed by atoms with E-state index in [0.29, 0.717) is 28.5 Å². The van der Waals surface area contributed by atoms with Crippen molar-refractivity contribution in [2.45, 2.75) is 26.1 Å². The SMILES string of the molecule is C[C@H](OC(=O)[C@@H](C)Oc1ccc(C#N)cc1)C(=O)Nc1ccc2c(c1)OCO2. The summed E-state index contributed by atoms with van der Waals surface area (Å²) in [6.45, 7) is 3.12. The molecule has 0 radical (unpaired) electrons. The van der Waals surface area contributed by atoms with Gasteiger partial charge in [-0.3, -0.25) is 4.79 Å². The van der Waals surface area contributed by atoms with Gasteiger partial charge in [0, 0.05) is 11.8 Å². The van der Waals surface area contributed by atoms with Gasteiger partial charge in [-0.25, -0.2) is 4.79 Å². The summed E-state index contributed by atoms with van der Waals surface area (Å²) in [5.74, 6) is 0.384. The summed E-state index contributed by atoms with van der Waals surface area (Å²) < 4.78 is 21.1. The quantitative estimate of drug-likeness (QED) is 0.765. The van der Waals surface area contributed by atoms with Crippen LogP contribution in [0.4, 0.5) is 5.69 Å². The van der Waals surface area contributed by atoms with Gasteiger partial charge in [-0.15, -0.1) is 0 Å². The number of ether oxygens (including phenoxy) is 4. The number of hydrogen-bond acceptors (Lipinski definition) is 7. The molecule has 1 aliphatic heterocycles. The lowest BCUT2D eigenvalue weighted by Crippen LogP contribution is -2.35.